The van der Waals surface area contributed by atoms with Gasteiger partial charge in [0.05, 0.1) is 5.69 Å². The van der Waals surface area contributed by atoms with E-state index in [1.807, 2.05) is 4.90 Å². The van der Waals surface area contributed by atoms with Crippen LogP contribution in [-0.4, -0.2) is 60.4 Å². The molecule has 0 N–H and O–H groups in total. The van der Waals surface area contributed by atoms with Crippen LogP contribution in [0, 0.1) is 5.82 Å². The molecule has 25 heavy (non-hydrogen) atoms. The molecule has 0 radical (unpaired) electrons. The van der Waals surface area contributed by atoms with Crippen LogP contribution in [0.25, 0.3) is 0 Å². The third kappa shape index (κ3) is 3.78. The van der Waals surface area contributed by atoms with E-state index in [1.165, 1.54) is 6.07 Å². The number of carbonyl (C=O) groups is 2. The molecule has 0 spiro atoms. The Morgan fingerprint density at radius 3 is 2.44 bits per heavy atom. The van der Waals surface area contributed by atoms with Gasteiger partial charge < -0.3 is 14.7 Å². The SMILES string of the molecule is CCC1CCCCN1C(=O)C(=O)N1CCN(c2ccccc2F)CC1. The Kier molecular flexibility index (Phi) is 5.56. The summed E-state index contributed by atoms with van der Waals surface area (Å²) in [6.45, 7) is 4.72. The van der Waals surface area contributed by atoms with Gasteiger partial charge in [0.2, 0.25) is 0 Å². The van der Waals surface area contributed by atoms with Crippen molar-refractivity contribution in [2.45, 2.75) is 38.6 Å². The Morgan fingerprint density at radius 2 is 1.76 bits per heavy atom. The minimum atomic E-state index is -0.409. The molecule has 1 aromatic carbocycles. The lowest BCUT2D eigenvalue weighted by Gasteiger charge is -2.39. The highest BCUT2D eigenvalue weighted by atomic mass is 19.1. The molecular formula is C19H26FN3O2. The molecule has 0 aromatic heterocycles. The van der Waals surface area contributed by atoms with Crippen molar-refractivity contribution in [3.05, 3.63) is 30.1 Å². The van der Waals surface area contributed by atoms with Gasteiger partial charge in [-0.15, -0.1) is 0 Å². The van der Waals surface area contributed by atoms with Crippen molar-refractivity contribution in [2.75, 3.05) is 37.6 Å². The lowest BCUT2D eigenvalue weighted by molar-refractivity contribution is -0.154. The smallest absolute Gasteiger partial charge is 0.312 e. The van der Waals surface area contributed by atoms with Gasteiger partial charge in [-0.25, -0.2) is 4.39 Å². The normalized spacial score (nSPS) is 21.4. The van der Waals surface area contributed by atoms with Crippen molar-refractivity contribution in [3.8, 4) is 0 Å². The summed E-state index contributed by atoms with van der Waals surface area (Å²) in [4.78, 5) is 30.5. The second-order valence-corrected chi connectivity index (χ2v) is 6.79. The van der Waals surface area contributed by atoms with Gasteiger partial charge in [0.15, 0.2) is 0 Å². The number of likely N-dealkylation sites (tertiary alicyclic amines) is 1. The molecule has 3 rings (SSSR count). The highest BCUT2D eigenvalue weighted by molar-refractivity contribution is 6.35. The van der Waals surface area contributed by atoms with E-state index in [4.69, 9.17) is 0 Å². The van der Waals surface area contributed by atoms with E-state index >= 15 is 0 Å². The van der Waals surface area contributed by atoms with Crippen molar-refractivity contribution in [1.29, 1.82) is 0 Å². The molecule has 2 fully saturated rings. The van der Waals surface area contributed by atoms with Gasteiger partial charge in [0.25, 0.3) is 0 Å². The number of nitrogens with zero attached hydrogens (tertiary/aromatic N) is 3. The summed E-state index contributed by atoms with van der Waals surface area (Å²) in [6, 6.07) is 6.85. The standard InChI is InChI=1S/C19H26FN3O2/c1-2-15-7-5-6-10-23(15)19(25)18(24)22-13-11-21(12-14-22)17-9-4-3-8-16(17)20/h3-4,8-9,15H,2,5-7,10-14H2,1H3. The number of piperidine rings is 1. The third-order valence-corrected chi connectivity index (χ3v) is 5.30. The van der Waals surface area contributed by atoms with Crippen LogP contribution in [0.3, 0.4) is 0 Å². The van der Waals surface area contributed by atoms with Gasteiger partial charge in [-0.2, -0.15) is 0 Å². The molecule has 2 saturated heterocycles. The second-order valence-electron chi connectivity index (χ2n) is 6.79. The summed E-state index contributed by atoms with van der Waals surface area (Å²) in [7, 11) is 0. The molecule has 0 saturated carbocycles. The lowest BCUT2D eigenvalue weighted by Crippen LogP contribution is -2.55. The zero-order valence-electron chi connectivity index (χ0n) is 14.8. The van der Waals surface area contributed by atoms with Crippen LogP contribution < -0.4 is 4.90 Å². The number of benzene rings is 1. The van der Waals surface area contributed by atoms with Crippen molar-refractivity contribution >= 4 is 17.5 Å². The minimum absolute atomic E-state index is 0.185. The predicted octanol–water partition coefficient (Wildman–Crippen LogP) is 2.27. The van der Waals surface area contributed by atoms with E-state index in [1.54, 1.807) is 28.0 Å². The summed E-state index contributed by atoms with van der Waals surface area (Å²) in [5, 5.41) is 0. The molecule has 2 aliphatic rings. The van der Waals surface area contributed by atoms with Crippen LogP contribution in [0.1, 0.15) is 32.6 Å². The average molecular weight is 347 g/mol. The van der Waals surface area contributed by atoms with E-state index in [9.17, 15) is 14.0 Å². The largest absolute Gasteiger partial charge is 0.366 e. The Bertz CT molecular complexity index is 629. The summed E-state index contributed by atoms with van der Waals surface area (Å²) in [5.74, 6) is -1.03. The second kappa shape index (κ2) is 7.85. The maximum absolute atomic E-state index is 13.9. The molecule has 1 aromatic rings. The fourth-order valence-electron chi connectivity index (χ4n) is 3.81. The predicted molar refractivity (Wildman–Crippen MR) is 94.8 cm³/mol. The Labute approximate surface area is 148 Å². The van der Waals surface area contributed by atoms with E-state index in [-0.39, 0.29) is 17.8 Å². The number of rotatable bonds is 2. The van der Waals surface area contributed by atoms with Gasteiger partial charge in [-0.3, -0.25) is 9.59 Å². The molecule has 1 atom stereocenters. The number of halogens is 1. The number of para-hydroxylation sites is 1. The summed E-state index contributed by atoms with van der Waals surface area (Å²) in [6.07, 6.45) is 3.96. The van der Waals surface area contributed by atoms with Crippen LogP contribution in [0.4, 0.5) is 10.1 Å². The van der Waals surface area contributed by atoms with Crippen LogP contribution in [-0.2, 0) is 9.59 Å². The molecule has 0 bridgehead atoms. The number of amides is 2. The summed E-state index contributed by atoms with van der Waals surface area (Å²) in [5.41, 5.74) is 0.558. The highest BCUT2D eigenvalue weighted by Crippen LogP contribution is 2.22. The monoisotopic (exact) mass is 347 g/mol. The van der Waals surface area contributed by atoms with E-state index in [2.05, 4.69) is 6.92 Å². The van der Waals surface area contributed by atoms with Crippen LogP contribution in [0.5, 0.6) is 0 Å². The number of carbonyl (C=O) groups excluding carboxylic acids is 2. The molecule has 2 amide bonds. The van der Waals surface area contributed by atoms with E-state index in [0.717, 1.165) is 25.7 Å². The topological polar surface area (TPSA) is 43.9 Å². The number of piperazine rings is 1. The molecule has 2 heterocycles. The van der Waals surface area contributed by atoms with Crippen LogP contribution in [0.2, 0.25) is 0 Å². The van der Waals surface area contributed by atoms with Gasteiger partial charge in [0.1, 0.15) is 5.82 Å². The molecule has 6 heteroatoms. The van der Waals surface area contributed by atoms with Gasteiger partial charge in [-0.05, 0) is 37.8 Å². The van der Waals surface area contributed by atoms with E-state index < -0.39 is 5.91 Å². The van der Waals surface area contributed by atoms with Crippen molar-refractivity contribution < 1.29 is 14.0 Å². The Balaban J connectivity index is 1.59. The van der Waals surface area contributed by atoms with Crippen molar-refractivity contribution in [2.24, 2.45) is 0 Å². The molecule has 5 nitrogen and oxygen atoms in total. The first-order chi connectivity index (χ1) is 12.1. The van der Waals surface area contributed by atoms with Crippen molar-refractivity contribution in [3.63, 3.8) is 0 Å². The van der Waals surface area contributed by atoms with Crippen molar-refractivity contribution in [1.82, 2.24) is 9.80 Å². The minimum Gasteiger partial charge on any atom is -0.366 e. The van der Waals surface area contributed by atoms with Gasteiger partial charge in [0, 0.05) is 38.8 Å². The van der Waals surface area contributed by atoms with Crippen LogP contribution in [0.15, 0.2) is 24.3 Å². The first-order valence-electron chi connectivity index (χ1n) is 9.21. The fourth-order valence-corrected chi connectivity index (χ4v) is 3.81. The van der Waals surface area contributed by atoms with Crippen LogP contribution >= 0.6 is 0 Å². The summed E-state index contributed by atoms with van der Waals surface area (Å²) < 4.78 is 13.9. The molecule has 136 valence electrons. The number of hydrogen-bond donors (Lipinski definition) is 0. The Morgan fingerprint density at radius 1 is 1.04 bits per heavy atom. The quantitative estimate of drug-likeness (QED) is 0.771. The first-order valence-corrected chi connectivity index (χ1v) is 9.21. The molecular weight excluding hydrogens is 321 g/mol. The van der Waals surface area contributed by atoms with Gasteiger partial charge in [-0.1, -0.05) is 19.1 Å². The average Bonchev–Trinajstić information content (AvgIpc) is 2.67. The lowest BCUT2D eigenvalue weighted by atomic mass is 10.00. The Hall–Kier alpha value is -2.11. The molecule has 1 unspecified atom stereocenters. The zero-order valence-corrected chi connectivity index (χ0v) is 14.8. The first kappa shape index (κ1) is 17.7. The highest BCUT2D eigenvalue weighted by Gasteiger charge is 2.33. The zero-order chi connectivity index (χ0) is 17.8. The number of anilines is 1. The van der Waals surface area contributed by atoms with Gasteiger partial charge >= 0.3 is 11.8 Å². The summed E-state index contributed by atoms with van der Waals surface area (Å²) >= 11 is 0. The molecule has 0 aliphatic carbocycles. The maximum Gasteiger partial charge on any atom is 0.312 e. The third-order valence-electron chi connectivity index (χ3n) is 5.30. The van der Waals surface area contributed by atoms with E-state index in [0.29, 0.717) is 38.4 Å². The maximum atomic E-state index is 13.9. The number of hydrogen-bond acceptors (Lipinski definition) is 3. The molecule has 2 aliphatic heterocycles. The fraction of sp³-hybridized carbons (Fsp3) is 0.579.